The molecule has 0 spiro atoms. The molecule has 9 rings (SSSR count). The van der Waals surface area contributed by atoms with E-state index in [4.69, 9.17) is 33.7 Å². The number of H-pyrrole nitrogens is 2. The molecule has 203 valence electrons. The molecular formula is C32H18CuN8O. The largest absolute Gasteiger partial charge is 0.324 e. The first kappa shape index (κ1) is 24.4. The summed E-state index contributed by atoms with van der Waals surface area (Å²) in [6.07, 6.45) is 0. The van der Waals surface area contributed by atoms with Crippen LogP contribution in [0.3, 0.4) is 0 Å². The number of hydrogen-bond acceptors (Lipinski definition) is 7. The molecule has 9 nitrogen and oxygen atoms in total. The van der Waals surface area contributed by atoms with Crippen molar-refractivity contribution in [3.8, 4) is 45.6 Å². The van der Waals surface area contributed by atoms with Crippen molar-refractivity contribution in [1.82, 2.24) is 39.9 Å². The van der Waals surface area contributed by atoms with Crippen LogP contribution in [0.1, 0.15) is 0 Å². The first-order valence-electron chi connectivity index (χ1n) is 13.1. The van der Waals surface area contributed by atoms with Crippen LogP contribution >= 0.6 is 0 Å². The van der Waals surface area contributed by atoms with Crippen molar-refractivity contribution in [2.24, 2.45) is 0 Å². The molecule has 7 aromatic rings. The third kappa shape index (κ3) is 3.70. The minimum absolute atomic E-state index is 0.597. The van der Waals surface area contributed by atoms with Gasteiger partial charge in [-0.3, -0.25) is 0 Å². The van der Waals surface area contributed by atoms with Gasteiger partial charge in [0.2, 0.25) is 0 Å². The summed E-state index contributed by atoms with van der Waals surface area (Å²) >= 11 is 2.94. The number of fused-ring (bicyclic) bond motifs is 20. The molecule has 0 amide bonds. The van der Waals surface area contributed by atoms with Gasteiger partial charge in [-0.1, -0.05) is 97.1 Å². The molecule has 42 heavy (non-hydrogen) atoms. The van der Waals surface area contributed by atoms with Gasteiger partial charge in [-0.15, -0.1) is 0 Å². The number of rotatable bonds is 0. The van der Waals surface area contributed by atoms with Gasteiger partial charge in [0, 0.05) is 43.8 Å². The van der Waals surface area contributed by atoms with Gasteiger partial charge in [0.25, 0.3) is 0 Å². The fourth-order valence-electron chi connectivity index (χ4n) is 5.59. The van der Waals surface area contributed by atoms with Gasteiger partial charge in [0.1, 0.15) is 22.6 Å². The average Bonchev–Trinajstić information content (AvgIpc) is 3.78. The van der Waals surface area contributed by atoms with E-state index in [9.17, 15) is 0 Å². The normalized spacial score (nSPS) is 11.6. The number of hydrogen-bond donors (Lipinski definition) is 2. The van der Waals surface area contributed by atoms with E-state index >= 15 is 0 Å². The SMILES string of the molecule is [O]=[Cu].c1ccc2c(c1)-c1nc-2nc2[nH]c(nc3nc(nc4[nH]c(n1)c1ccccc41)-c1ccccc1-3)c1ccccc21. The fourth-order valence-corrected chi connectivity index (χ4v) is 5.59. The second-order valence-electron chi connectivity index (χ2n) is 9.79. The second-order valence-corrected chi connectivity index (χ2v) is 9.79. The van der Waals surface area contributed by atoms with Crippen LogP contribution in [0.2, 0.25) is 0 Å². The van der Waals surface area contributed by atoms with E-state index in [0.717, 1.165) is 43.8 Å². The van der Waals surface area contributed by atoms with Crippen LogP contribution in [-0.4, -0.2) is 39.9 Å². The molecule has 2 aliphatic rings. The molecule has 8 bridgehead atoms. The molecule has 4 aromatic carbocycles. The van der Waals surface area contributed by atoms with Gasteiger partial charge in [-0.25, -0.2) is 29.9 Å². The third-order valence-corrected chi connectivity index (χ3v) is 7.46. The van der Waals surface area contributed by atoms with E-state index in [0.29, 0.717) is 45.9 Å². The van der Waals surface area contributed by atoms with E-state index in [1.54, 1.807) is 0 Å². The van der Waals surface area contributed by atoms with Crippen LogP contribution in [-0.2, 0) is 19.8 Å². The molecular weight excluding hydrogens is 576 g/mol. The zero-order valence-electron chi connectivity index (χ0n) is 21.6. The Hall–Kier alpha value is -5.44. The van der Waals surface area contributed by atoms with Crippen LogP contribution in [0.5, 0.6) is 0 Å². The molecule has 0 radical (unpaired) electrons. The summed E-state index contributed by atoms with van der Waals surface area (Å²) in [5, 5.41) is 3.82. The van der Waals surface area contributed by atoms with Gasteiger partial charge in [-0.05, 0) is 0 Å². The number of aromatic amines is 2. The Kier molecular flexibility index (Phi) is 5.56. The molecule has 0 aliphatic carbocycles. The molecule has 2 N–H and O–H groups in total. The molecule has 5 heterocycles. The Balaban J connectivity index is 0.00000131. The summed E-state index contributed by atoms with van der Waals surface area (Å²) in [7, 11) is 0. The topological polar surface area (TPSA) is 126 Å². The molecule has 2 aliphatic heterocycles. The summed E-state index contributed by atoms with van der Waals surface area (Å²) in [4.78, 5) is 36.8. The van der Waals surface area contributed by atoms with Crippen LogP contribution in [0.15, 0.2) is 97.1 Å². The van der Waals surface area contributed by atoms with E-state index in [2.05, 4.69) is 25.9 Å². The molecule has 0 unspecified atom stereocenters. The summed E-state index contributed by atoms with van der Waals surface area (Å²) in [5.74, 6) is 2.39. The zero-order valence-corrected chi connectivity index (χ0v) is 22.6. The molecule has 0 atom stereocenters. The maximum atomic E-state index is 7.81. The van der Waals surface area contributed by atoms with Crippen molar-refractivity contribution in [3.63, 3.8) is 0 Å². The van der Waals surface area contributed by atoms with Crippen molar-refractivity contribution in [3.05, 3.63) is 97.1 Å². The Morgan fingerprint density at radius 1 is 0.357 bits per heavy atom. The summed E-state index contributed by atoms with van der Waals surface area (Å²) < 4.78 is 7.81. The number of nitrogens with zero attached hydrogens (tertiary/aromatic N) is 6. The predicted molar refractivity (Wildman–Crippen MR) is 157 cm³/mol. The third-order valence-electron chi connectivity index (χ3n) is 7.46. The van der Waals surface area contributed by atoms with E-state index in [1.165, 1.54) is 0 Å². The number of nitrogens with one attached hydrogen (secondary N) is 2. The first-order chi connectivity index (χ1) is 20.8. The van der Waals surface area contributed by atoms with Crippen molar-refractivity contribution < 1.29 is 19.8 Å². The van der Waals surface area contributed by atoms with Crippen LogP contribution in [0.25, 0.3) is 89.7 Å². The van der Waals surface area contributed by atoms with E-state index in [-0.39, 0.29) is 0 Å². The fraction of sp³-hybridized carbons (Fsp3) is 0. The number of aromatic nitrogens is 8. The summed E-state index contributed by atoms with van der Waals surface area (Å²) in [5.41, 5.74) is 6.45. The standard InChI is InChI=1S/C32H18N8.Cu.O/c1-2-10-18-17(9-1)25-33-26(18)38-28-21-13-5-6-14-22(21)30(35-28)40-32-24-16-8-7-15-23(24)31(36-32)39-29-20-12-4-3-11-19(20)27(34-29)37-25;;/h1-16H,(H2,33,34,35,36,37,38,39,40);;. The van der Waals surface area contributed by atoms with Crippen molar-refractivity contribution in [1.29, 1.82) is 0 Å². The maximum Gasteiger partial charge on any atom is 0.164 e. The molecule has 3 aromatic heterocycles. The van der Waals surface area contributed by atoms with Gasteiger partial charge in [-0.2, -0.15) is 0 Å². The van der Waals surface area contributed by atoms with Crippen LogP contribution < -0.4 is 0 Å². The van der Waals surface area contributed by atoms with Crippen molar-refractivity contribution in [2.45, 2.75) is 0 Å². The van der Waals surface area contributed by atoms with Crippen molar-refractivity contribution >= 4 is 44.1 Å². The van der Waals surface area contributed by atoms with Gasteiger partial charge in [0.15, 0.2) is 23.3 Å². The minimum atomic E-state index is 0.597. The summed E-state index contributed by atoms with van der Waals surface area (Å²) in [6.45, 7) is 0. The van der Waals surface area contributed by atoms with E-state index in [1.807, 2.05) is 97.1 Å². The first-order valence-corrected chi connectivity index (χ1v) is 13.5. The van der Waals surface area contributed by atoms with Crippen LogP contribution in [0.4, 0.5) is 0 Å². The Bertz CT molecular complexity index is 2060. The smallest absolute Gasteiger partial charge is 0.164 e. The molecule has 0 saturated carbocycles. The average molecular weight is 594 g/mol. The van der Waals surface area contributed by atoms with Gasteiger partial charge >= 0.3 is 19.8 Å². The Morgan fingerprint density at radius 3 is 0.857 bits per heavy atom. The van der Waals surface area contributed by atoms with Crippen LogP contribution in [0, 0.1) is 0 Å². The summed E-state index contributed by atoms with van der Waals surface area (Å²) in [6, 6.07) is 32.2. The molecule has 0 fully saturated rings. The quantitative estimate of drug-likeness (QED) is 0.186. The van der Waals surface area contributed by atoms with E-state index < -0.39 is 0 Å². The van der Waals surface area contributed by atoms with Gasteiger partial charge in [0.05, 0.1) is 0 Å². The minimum Gasteiger partial charge on any atom is -0.324 e. The second kappa shape index (κ2) is 9.59. The zero-order chi connectivity index (χ0) is 28.2. The number of benzene rings is 4. The Morgan fingerprint density at radius 2 is 0.595 bits per heavy atom. The van der Waals surface area contributed by atoms with Crippen molar-refractivity contribution in [2.75, 3.05) is 0 Å². The Labute approximate surface area is 245 Å². The predicted octanol–water partition coefficient (Wildman–Crippen LogP) is 6.75. The van der Waals surface area contributed by atoms with Gasteiger partial charge < -0.3 is 9.97 Å². The monoisotopic (exact) mass is 593 g/mol. The maximum absolute atomic E-state index is 7.81. The molecule has 0 saturated heterocycles. The molecule has 10 heteroatoms.